The van der Waals surface area contributed by atoms with Crippen LogP contribution in [0.15, 0.2) is 65.8 Å². The number of urea groups is 1. The molecule has 0 aliphatic carbocycles. The summed E-state index contributed by atoms with van der Waals surface area (Å²) in [5.41, 5.74) is 0.948. The van der Waals surface area contributed by atoms with Crippen molar-refractivity contribution in [3.63, 3.8) is 0 Å². The molecule has 1 aliphatic heterocycles. The van der Waals surface area contributed by atoms with Gasteiger partial charge in [-0.25, -0.2) is 4.79 Å². The summed E-state index contributed by atoms with van der Waals surface area (Å²) >= 11 is 12.6. The highest BCUT2D eigenvalue weighted by atomic mass is 35.5. The van der Waals surface area contributed by atoms with Crippen molar-refractivity contribution < 1.29 is 14.6 Å². The molecular formula is C32H38Cl2N4O3. The van der Waals surface area contributed by atoms with Crippen LogP contribution >= 0.6 is 23.2 Å². The average molecular weight is 598 g/mol. The van der Waals surface area contributed by atoms with Crippen LogP contribution in [-0.2, 0) is 16.5 Å². The largest absolute Gasteiger partial charge is 0.493 e. The zero-order valence-corrected chi connectivity index (χ0v) is 26.2. The van der Waals surface area contributed by atoms with E-state index in [1.165, 1.54) is 4.90 Å². The summed E-state index contributed by atoms with van der Waals surface area (Å²) in [6.07, 6.45) is 1.74. The maximum atomic E-state index is 14.4. The summed E-state index contributed by atoms with van der Waals surface area (Å²) in [6, 6.07) is 16.6. The Morgan fingerprint density at radius 2 is 1.59 bits per heavy atom. The Kier molecular flexibility index (Phi) is 8.74. The maximum absolute atomic E-state index is 14.4. The summed E-state index contributed by atoms with van der Waals surface area (Å²) in [6.45, 7) is 12.6. The van der Waals surface area contributed by atoms with Gasteiger partial charge in [0.1, 0.15) is 22.7 Å². The predicted octanol–water partition coefficient (Wildman–Crippen LogP) is 7.02. The average Bonchev–Trinajstić information content (AvgIpc) is 3.17. The number of hydrogen-bond acceptors (Lipinski definition) is 5. The molecule has 1 N–H and O–H groups in total. The summed E-state index contributed by atoms with van der Waals surface area (Å²) in [5.74, 6) is 1.01. The van der Waals surface area contributed by atoms with Crippen molar-refractivity contribution in [2.45, 2.75) is 58.0 Å². The molecule has 0 saturated carbocycles. The van der Waals surface area contributed by atoms with Crippen LogP contribution in [0.5, 0.6) is 5.75 Å². The minimum Gasteiger partial charge on any atom is -0.493 e. The SMILES string of the molecule is CCOc1cc(C(C)(C)C)ncc1C1=N[C@@](C)(c2ccc(Cl)cc2)[C@@](C)(c2ccc(Cl)cc2)N1C(=O)N(C)CCO. The molecule has 2 amide bonds. The number of rotatable bonds is 7. The smallest absolute Gasteiger partial charge is 0.326 e. The second-order valence-corrected chi connectivity index (χ2v) is 12.5. The Bertz CT molecular complexity index is 1440. The van der Waals surface area contributed by atoms with Crippen molar-refractivity contribution in [3.8, 4) is 5.75 Å². The summed E-state index contributed by atoms with van der Waals surface area (Å²) in [4.78, 5) is 27.7. The van der Waals surface area contributed by atoms with Gasteiger partial charge in [-0.05, 0) is 56.2 Å². The number of ether oxygens (including phenoxy) is 1. The Hall–Kier alpha value is -3.13. The number of benzene rings is 2. The number of carbonyl (C=O) groups is 1. The molecule has 41 heavy (non-hydrogen) atoms. The van der Waals surface area contributed by atoms with Gasteiger partial charge in [0.15, 0.2) is 0 Å². The van der Waals surface area contributed by atoms with E-state index < -0.39 is 11.1 Å². The van der Waals surface area contributed by atoms with Crippen molar-refractivity contribution >= 4 is 35.1 Å². The van der Waals surface area contributed by atoms with Crippen LogP contribution in [0.3, 0.4) is 0 Å². The monoisotopic (exact) mass is 596 g/mol. The van der Waals surface area contributed by atoms with E-state index >= 15 is 0 Å². The zero-order chi connectivity index (χ0) is 30.2. The topological polar surface area (TPSA) is 78.3 Å². The second kappa shape index (κ2) is 11.6. The number of nitrogens with zero attached hydrogens (tertiary/aromatic N) is 4. The molecule has 0 spiro atoms. The van der Waals surface area contributed by atoms with Crippen molar-refractivity contribution in [2.75, 3.05) is 26.8 Å². The number of amidine groups is 1. The van der Waals surface area contributed by atoms with Crippen LogP contribution in [0, 0.1) is 0 Å². The number of pyridine rings is 1. The van der Waals surface area contributed by atoms with Gasteiger partial charge in [-0.2, -0.15) is 0 Å². The lowest BCUT2D eigenvalue weighted by Gasteiger charge is -2.46. The normalized spacial score (nSPS) is 20.6. The van der Waals surface area contributed by atoms with E-state index in [9.17, 15) is 9.90 Å². The Balaban J connectivity index is 2.07. The van der Waals surface area contributed by atoms with Crippen molar-refractivity contribution in [1.29, 1.82) is 0 Å². The third-order valence-corrected chi connectivity index (χ3v) is 8.38. The Morgan fingerprint density at radius 1 is 1.02 bits per heavy atom. The molecule has 3 aromatic rings. The highest BCUT2D eigenvalue weighted by molar-refractivity contribution is 6.30. The predicted molar refractivity (Wildman–Crippen MR) is 165 cm³/mol. The second-order valence-electron chi connectivity index (χ2n) is 11.6. The van der Waals surface area contributed by atoms with Crippen molar-refractivity contribution in [2.24, 2.45) is 4.99 Å². The van der Waals surface area contributed by atoms with Crippen LogP contribution in [0.25, 0.3) is 0 Å². The van der Waals surface area contributed by atoms with E-state index in [4.69, 9.17) is 37.9 Å². The van der Waals surface area contributed by atoms with Crippen LogP contribution in [0.4, 0.5) is 4.79 Å². The molecule has 0 fully saturated rings. The lowest BCUT2D eigenvalue weighted by atomic mass is 9.71. The standard InChI is InChI=1S/C32H38Cl2N4O3/c1-8-41-26-19-27(30(2,3)4)35-20-25(26)28-36-31(5,21-9-13-23(33)14-10-21)32(6,22-11-15-24(34)16-12-22)38(28)29(40)37(7)17-18-39/h9-16,19-20,39H,8,17-18H2,1-7H3/t31-,32+/m0/s1. The van der Waals surface area contributed by atoms with Gasteiger partial charge in [0.05, 0.1) is 18.8 Å². The van der Waals surface area contributed by atoms with Gasteiger partial charge in [-0.3, -0.25) is 14.9 Å². The maximum Gasteiger partial charge on any atom is 0.326 e. The first kappa shape index (κ1) is 30.8. The molecule has 0 bridgehead atoms. The summed E-state index contributed by atoms with van der Waals surface area (Å²) < 4.78 is 6.15. The Labute approximate surface area is 252 Å². The number of amides is 2. The summed E-state index contributed by atoms with van der Waals surface area (Å²) in [7, 11) is 1.67. The molecule has 1 aromatic heterocycles. The summed E-state index contributed by atoms with van der Waals surface area (Å²) in [5, 5.41) is 10.9. The molecule has 0 radical (unpaired) electrons. The van der Waals surface area contributed by atoms with Gasteiger partial charge < -0.3 is 14.7 Å². The molecule has 2 heterocycles. The molecule has 2 aromatic carbocycles. The number of carbonyl (C=O) groups excluding carboxylic acids is 1. The van der Waals surface area contributed by atoms with E-state index in [-0.39, 0.29) is 24.6 Å². The van der Waals surface area contributed by atoms with Crippen molar-refractivity contribution in [1.82, 2.24) is 14.8 Å². The molecule has 1 aliphatic rings. The molecule has 0 saturated heterocycles. The third kappa shape index (κ3) is 5.55. The van der Waals surface area contributed by atoms with Crippen LogP contribution in [0.2, 0.25) is 10.0 Å². The highest BCUT2D eigenvalue weighted by Gasteiger charge is 2.60. The van der Waals surface area contributed by atoms with Gasteiger partial charge in [-0.1, -0.05) is 68.2 Å². The van der Waals surface area contributed by atoms with Gasteiger partial charge in [0.2, 0.25) is 0 Å². The minimum atomic E-state index is -1.03. The van der Waals surface area contributed by atoms with E-state index in [1.807, 2.05) is 75.4 Å². The Morgan fingerprint density at radius 3 is 2.10 bits per heavy atom. The van der Waals surface area contributed by atoms with E-state index in [0.717, 1.165) is 16.8 Å². The number of halogens is 2. The lowest BCUT2D eigenvalue weighted by molar-refractivity contribution is 0.108. The highest BCUT2D eigenvalue weighted by Crippen LogP contribution is 2.54. The third-order valence-electron chi connectivity index (χ3n) is 7.88. The fourth-order valence-electron chi connectivity index (χ4n) is 5.27. The zero-order valence-electron chi connectivity index (χ0n) is 24.7. The van der Waals surface area contributed by atoms with Crippen LogP contribution < -0.4 is 4.74 Å². The number of hydrogen-bond donors (Lipinski definition) is 1. The van der Waals surface area contributed by atoms with Gasteiger partial charge in [0.25, 0.3) is 0 Å². The van der Waals surface area contributed by atoms with Gasteiger partial charge >= 0.3 is 6.03 Å². The molecule has 0 unspecified atom stereocenters. The van der Waals surface area contributed by atoms with E-state index in [1.54, 1.807) is 18.1 Å². The van der Waals surface area contributed by atoms with Crippen LogP contribution in [0.1, 0.15) is 63.9 Å². The van der Waals surface area contributed by atoms with Gasteiger partial charge in [0, 0.05) is 47.0 Å². The lowest BCUT2D eigenvalue weighted by Crippen LogP contribution is -2.58. The van der Waals surface area contributed by atoms with E-state index in [2.05, 4.69) is 20.8 Å². The fraction of sp³-hybridized carbons (Fsp3) is 0.406. The number of likely N-dealkylation sites (N-methyl/N-ethyl adjacent to an activating group) is 1. The van der Waals surface area contributed by atoms with Gasteiger partial charge in [-0.15, -0.1) is 0 Å². The minimum absolute atomic E-state index is 0.149. The molecular weight excluding hydrogens is 559 g/mol. The first-order valence-corrected chi connectivity index (χ1v) is 14.4. The quantitative estimate of drug-likeness (QED) is 0.318. The molecule has 2 atom stereocenters. The number of aromatic nitrogens is 1. The molecule has 218 valence electrons. The van der Waals surface area contributed by atoms with Crippen LogP contribution in [-0.4, -0.2) is 58.6 Å². The fourth-order valence-corrected chi connectivity index (χ4v) is 5.53. The van der Waals surface area contributed by atoms with E-state index in [0.29, 0.717) is 33.8 Å². The number of aliphatic imine (C=N–C) groups is 1. The molecule has 7 nitrogen and oxygen atoms in total. The number of aliphatic hydroxyl groups is 1. The van der Waals surface area contributed by atoms with Crippen molar-refractivity contribution in [3.05, 3.63) is 93.2 Å². The first-order valence-electron chi connectivity index (χ1n) is 13.7. The molecule has 9 heteroatoms. The molecule has 4 rings (SSSR count). The first-order chi connectivity index (χ1) is 19.3. The number of aliphatic hydroxyl groups excluding tert-OH is 1.